The van der Waals surface area contributed by atoms with Crippen LogP contribution in [0.25, 0.3) is 0 Å². The number of aromatic nitrogens is 1. The first-order valence-electron chi connectivity index (χ1n) is 6.63. The van der Waals surface area contributed by atoms with Gasteiger partial charge in [0.1, 0.15) is 12.1 Å². The molecule has 2 aromatic heterocycles. The number of carbonyl (C=O) groups is 1. The molecule has 2 heterocycles. The second kappa shape index (κ2) is 6.22. The highest BCUT2D eigenvalue weighted by atomic mass is 19.1. The van der Waals surface area contributed by atoms with E-state index in [4.69, 9.17) is 9.15 Å². The second-order valence-electron chi connectivity index (χ2n) is 4.61. The number of pyridine rings is 1. The molecule has 0 spiro atoms. The SMILES string of the molecule is O=C(OC(c1cccc(F)c1)c1ccccn1)c1ccoc1. The van der Waals surface area contributed by atoms with Crippen LogP contribution >= 0.6 is 0 Å². The molecule has 0 bridgehead atoms. The Bertz CT molecular complexity index is 757. The van der Waals surface area contributed by atoms with E-state index < -0.39 is 17.9 Å². The Morgan fingerprint density at radius 3 is 2.77 bits per heavy atom. The molecule has 0 N–H and O–H groups in total. The highest BCUT2D eigenvalue weighted by Gasteiger charge is 2.22. The minimum atomic E-state index is -0.792. The Balaban J connectivity index is 1.95. The van der Waals surface area contributed by atoms with Gasteiger partial charge in [-0.15, -0.1) is 0 Å². The van der Waals surface area contributed by atoms with Crippen molar-refractivity contribution in [2.24, 2.45) is 0 Å². The zero-order valence-electron chi connectivity index (χ0n) is 11.5. The predicted molar refractivity (Wildman–Crippen MR) is 76.6 cm³/mol. The molecule has 1 atom stereocenters. The number of esters is 1. The van der Waals surface area contributed by atoms with Crippen molar-refractivity contribution in [2.45, 2.75) is 6.10 Å². The van der Waals surface area contributed by atoms with Crippen molar-refractivity contribution in [3.05, 3.63) is 89.9 Å². The Kier molecular flexibility index (Phi) is 3.96. The topological polar surface area (TPSA) is 52.3 Å². The van der Waals surface area contributed by atoms with Crippen molar-refractivity contribution in [2.75, 3.05) is 0 Å². The molecule has 0 radical (unpaired) electrons. The van der Waals surface area contributed by atoms with Gasteiger partial charge in [0.05, 0.1) is 17.5 Å². The summed E-state index contributed by atoms with van der Waals surface area (Å²) in [5.41, 5.74) is 1.32. The first kappa shape index (κ1) is 14.0. The third-order valence-electron chi connectivity index (χ3n) is 3.09. The van der Waals surface area contributed by atoms with Crippen LogP contribution in [0.15, 0.2) is 71.7 Å². The largest absolute Gasteiger partial charge is 0.472 e. The van der Waals surface area contributed by atoms with Crippen molar-refractivity contribution < 1.29 is 18.3 Å². The minimum absolute atomic E-state index is 0.289. The summed E-state index contributed by atoms with van der Waals surface area (Å²) in [6.07, 6.45) is 3.48. The lowest BCUT2D eigenvalue weighted by molar-refractivity contribution is 0.0369. The summed E-state index contributed by atoms with van der Waals surface area (Å²) in [5, 5.41) is 0. The molecular weight excluding hydrogens is 285 g/mol. The standard InChI is InChI=1S/C17H12FNO3/c18-14-5-3-4-12(10-14)16(15-6-1-2-8-19-15)22-17(20)13-7-9-21-11-13/h1-11,16H. The van der Waals surface area contributed by atoms with Gasteiger partial charge >= 0.3 is 5.97 Å². The normalized spacial score (nSPS) is 11.9. The Labute approximate surface area is 126 Å². The number of carbonyl (C=O) groups excluding carboxylic acids is 1. The van der Waals surface area contributed by atoms with E-state index in [2.05, 4.69) is 4.98 Å². The summed E-state index contributed by atoms with van der Waals surface area (Å²) >= 11 is 0. The van der Waals surface area contributed by atoms with Gasteiger partial charge in [0.15, 0.2) is 6.10 Å². The number of ether oxygens (including phenoxy) is 1. The highest BCUT2D eigenvalue weighted by Crippen LogP contribution is 2.26. The first-order valence-corrected chi connectivity index (χ1v) is 6.63. The summed E-state index contributed by atoms with van der Waals surface area (Å²) in [5.74, 6) is -0.966. The molecule has 0 saturated carbocycles. The average Bonchev–Trinajstić information content (AvgIpc) is 3.08. The predicted octanol–water partition coefficient (Wildman–Crippen LogP) is 3.76. The first-order chi connectivity index (χ1) is 10.7. The molecule has 3 rings (SSSR count). The molecule has 1 unspecified atom stereocenters. The van der Waals surface area contributed by atoms with E-state index in [-0.39, 0.29) is 5.56 Å². The van der Waals surface area contributed by atoms with Crippen molar-refractivity contribution in [3.63, 3.8) is 0 Å². The molecule has 22 heavy (non-hydrogen) atoms. The van der Waals surface area contributed by atoms with Crippen LogP contribution in [0.1, 0.15) is 27.7 Å². The zero-order valence-corrected chi connectivity index (χ0v) is 11.5. The van der Waals surface area contributed by atoms with E-state index in [1.807, 2.05) is 0 Å². The summed E-state index contributed by atoms with van der Waals surface area (Å²) in [4.78, 5) is 16.3. The van der Waals surface area contributed by atoms with Crippen LogP contribution in [0.4, 0.5) is 4.39 Å². The van der Waals surface area contributed by atoms with E-state index in [0.29, 0.717) is 11.3 Å². The second-order valence-corrected chi connectivity index (χ2v) is 4.61. The fourth-order valence-electron chi connectivity index (χ4n) is 2.06. The average molecular weight is 297 g/mol. The van der Waals surface area contributed by atoms with Crippen LogP contribution in [0, 0.1) is 5.82 Å². The molecule has 0 saturated heterocycles. The Morgan fingerprint density at radius 2 is 2.09 bits per heavy atom. The molecule has 0 fully saturated rings. The number of halogens is 1. The third kappa shape index (κ3) is 3.03. The summed E-state index contributed by atoms with van der Waals surface area (Å²) in [6, 6.07) is 12.7. The van der Waals surface area contributed by atoms with Crippen molar-refractivity contribution in [3.8, 4) is 0 Å². The smallest absolute Gasteiger partial charge is 0.342 e. The lowest BCUT2D eigenvalue weighted by Crippen LogP contribution is -2.13. The molecule has 5 heteroatoms. The van der Waals surface area contributed by atoms with Gasteiger partial charge in [-0.2, -0.15) is 0 Å². The van der Waals surface area contributed by atoms with E-state index >= 15 is 0 Å². The van der Waals surface area contributed by atoms with Crippen molar-refractivity contribution in [1.82, 2.24) is 4.98 Å². The van der Waals surface area contributed by atoms with E-state index in [0.717, 1.165) is 0 Å². The Hall–Kier alpha value is -2.95. The van der Waals surface area contributed by atoms with Crippen LogP contribution in [0.5, 0.6) is 0 Å². The molecule has 0 aliphatic heterocycles. The molecule has 1 aromatic carbocycles. The Morgan fingerprint density at radius 1 is 1.18 bits per heavy atom. The molecule has 110 valence electrons. The third-order valence-corrected chi connectivity index (χ3v) is 3.09. The summed E-state index contributed by atoms with van der Waals surface area (Å²) < 4.78 is 23.8. The zero-order chi connectivity index (χ0) is 15.4. The molecular formula is C17H12FNO3. The number of furan rings is 1. The van der Waals surface area contributed by atoms with Gasteiger partial charge in [-0.1, -0.05) is 18.2 Å². The lowest BCUT2D eigenvalue weighted by Gasteiger charge is -2.17. The fourth-order valence-corrected chi connectivity index (χ4v) is 2.06. The van der Waals surface area contributed by atoms with Gasteiger partial charge in [-0.05, 0) is 30.3 Å². The molecule has 3 aromatic rings. The number of hydrogen-bond acceptors (Lipinski definition) is 4. The van der Waals surface area contributed by atoms with Gasteiger partial charge < -0.3 is 9.15 Å². The number of rotatable bonds is 4. The number of hydrogen-bond donors (Lipinski definition) is 0. The van der Waals surface area contributed by atoms with Crippen molar-refractivity contribution >= 4 is 5.97 Å². The van der Waals surface area contributed by atoms with E-state index in [9.17, 15) is 9.18 Å². The monoisotopic (exact) mass is 297 g/mol. The quantitative estimate of drug-likeness (QED) is 0.688. The number of benzene rings is 1. The van der Waals surface area contributed by atoms with E-state index in [1.54, 1.807) is 36.5 Å². The van der Waals surface area contributed by atoms with Crippen LogP contribution in [-0.2, 0) is 4.74 Å². The lowest BCUT2D eigenvalue weighted by atomic mass is 10.1. The fraction of sp³-hybridized carbons (Fsp3) is 0.0588. The van der Waals surface area contributed by atoms with Gasteiger partial charge in [0, 0.05) is 11.8 Å². The van der Waals surface area contributed by atoms with Gasteiger partial charge in [-0.25, -0.2) is 9.18 Å². The maximum absolute atomic E-state index is 13.5. The maximum atomic E-state index is 13.5. The molecule has 0 aliphatic carbocycles. The van der Waals surface area contributed by atoms with Crippen LogP contribution < -0.4 is 0 Å². The summed E-state index contributed by atoms with van der Waals surface area (Å²) in [7, 11) is 0. The van der Waals surface area contributed by atoms with Crippen LogP contribution in [0.2, 0.25) is 0 Å². The van der Waals surface area contributed by atoms with Gasteiger partial charge in [0.25, 0.3) is 0 Å². The maximum Gasteiger partial charge on any atom is 0.342 e. The number of nitrogens with zero attached hydrogens (tertiary/aromatic N) is 1. The van der Waals surface area contributed by atoms with E-state index in [1.165, 1.54) is 30.7 Å². The molecule has 4 nitrogen and oxygen atoms in total. The summed E-state index contributed by atoms with van der Waals surface area (Å²) in [6.45, 7) is 0. The molecule has 0 aliphatic rings. The van der Waals surface area contributed by atoms with Crippen molar-refractivity contribution in [1.29, 1.82) is 0 Å². The molecule has 0 amide bonds. The van der Waals surface area contributed by atoms with Crippen LogP contribution in [0.3, 0.4) is 0 Å². The minimum Gasteiger partial charge on any atom is -0.472 e. The van der Waals surface area contributed by atoms with Gasteiger partial charge in [-0.3, -0.25) is 4.98 Å². The highest BCUT2D eigenvalue weighted by molar-refractivity contribution is 5.89. The van der Waals surface area contributed by atoms with Crippen LogP contribution in [-0.4, -0.2) is 11.0 Å². The van der Waals surface area contributed by atoms with Gasteiger partial charge in [0.2, 0.25) is 0 Å².